The summed E-state index contributed by atoms with van der Waals surface area (Å²) >= 11 is 0. The lowest BCUT2D eigenvalue weighted by molar-refractivity contribution is -0.385. The SMILES string of the molecule is CC(CS(C)=O)NC(C)c1ccccc1[N+](=O)[O-]. The Kier molecular flexibility index (Phi) is 5.43. The van der Waals surface area contributed by atoms with Crippen molar-refractivity contribution in [3.8, 4) is 0 Å². The molecule has 3 unspecified atom stereocenters. The lowest BCUT2D eigenvalue weighted by atomic mass is 10.1. The molecule has 1 rings (SSSR count). The fourth-order valence-electron chi connectivity index (χ4n) is 1.94. The van der Waals surface area contributed by atoms with Crippen molar-refractivity contribution in [2.24, 2.45) is 0 Å². The van der Waals surface area contributed by atoms with E-state index in [4.69, 9.17) is 0 Å². The van der Waals surface area contributed by atoms with Gasteiger partial charge < -0.3 is 5.32 Å². The van der Waals surface area contributed by atoms with Gasteiger partial charge in [-0.3, -0.25) is 14.3 Å². The number of benzene rings is 1. The molecule has 1 aromatic rings. The monoisotopic (exact) mass is 270 g/mol. The van der Waals surface area contributed by atoms with Gasteiger partial charge in [0.1, 0.15) is 0 Å². The number of hydrogen-bond acceptors (Lipinski definition) is 4. The Hall–Kier alpha value is -1.27. The van der Waals surface area contributed by atoms with Crippen LogP contribution in [0.5, 0.6) is 0 Å². The van der Waals surface area contributed by atoms with Crippen molar-refractivity contribution in [1.82, 2.24) is 5.32 Å². The average molecular weight is 270 g/mol. The van der Waals surface area contributed by atoms with Gasteiger partial charge in [-0.25, -0.2) is 0 Å². The molecule has 18 heavy (non-hydrogen) atoms. The second-order valence-electron chi connectivity index (χ2n) is 4.35. The van der Waals surface area contributed by atoms with Gasteiger partial charge in [0.15, 0.2) is 0 Å². The van der Waals surface area contributed by atoms with Crippen LogP contribution in [0.15, 0.2) is 24.3 Å². The normalized spacial score (nSPS) is 15.9. The van der Waals surface area contributed by atoms with Crippen LogP contribution in [-0.4, -0.2) is 27.2 Å². The minimum Gasteiger partial charge on any atom is -0.307 e. The van der Waals surface area contributed by atoms with Crippen LogP contribution in [0.25, 0.3) is 0 Å². The van der Waals surface area contributed by atoms with Gasteiger partial charge in [-0.05, 0) is 13.8 Å². The Morgan fingerprint density at radius 2 is 2.00 bits per heavy atom. The summed E-state index contributed by atoms with van der Waals surface area (Å²) in [6.07, 6.45) is 1.65. The summed E-state index contributed by atoms with van der Waals surface area (Å²) in [5.41, 5.74) is 0.763. The van der Waals surface area contributed by atoms with E-state index in [0.717, 1.165) is 0 Å². The molecule has 0 saturated heterocycles. The molecule has 0 heterocycles. The zero-order chi connectivity index (χ0) is 13.7. The molecule has 5 nitrogen and oxygen atoms in total. The first-order valence-corrected chi connectivity index (χ1v) is 7.44. The molecule has 0 aromatic heterocycles. The van der Waals surface area contributed by atoms with Crippen molar-refractivity contribution in [3.05, 3.63) is 39.9 Å². The molecule has 1 N–H and O–H groups in total. The summed E-state index contributed by atoms with van der Waals surface area (Å²) < 4.78 is 11.1. The summed E-state index contributed by atoms with van der Waals surface area (Å²) in [7, 11) is -0.879. The number of nitro groups is 1. The zero-order valence-electron chi connectivity index (χ0n) is 10.8. The number of nitro benzene ring substituents is 1. The Balaban J connectivity index is 2.81. The van der Waals surface area contributed by atoms with Gasteiger partial charge in [-0.2, -0.15) is 0 Å². The molecule has 0 aliphatic heterocycles. The third-order valence-electron chi connectivity index (χ3n) is 2.62. The Morgan fingerprint density at radius 3 is 2.56 bits per heavy atom. The fourth-order valence-corrected chi connectivity index (χ4v) is 2.74. The summed E-state index contributed by atoms with van der Waals surface area (Å²) in [5.74, 6) is 0.533. The lowest BCUT2D eigenvalue weighted by Crippen LogP contribution is -2.33. The number of para-hydroxylation sites is 1. The minimum atomic E-state index is -0.879. The van der Waals surface area contributed by atoms with Crippen LogP contribution in [0.4, 0.5) is 5.69 Å². The van der Waals surface area contributed by atoms with Crippen LogP contribution in [0, 0.1) is 10.1 Å². The van der Waals surface area contributed by atoms with E-state index in [0.29, 0.717) is 11.3 Å². The second kappa shape index (κ2) is 6.61. The Morgan fingerprint density at radius 1 is 1.39 bits per heavy atom. The Labute approximate surface area is 109 Å². The molecule has 0 fully saturated rings. The molecular formula is C12H18N2O3S. The standard InChI is InChI=1S/C12H18N2O3S/c1-9(8-18(3)17)13-10(2)11-6-4-5-7-12(11)14(15)16/h4-7,9-10,13H,8H2,1-3H3. The largest absolute Gasteiger partial charge is 0.307 e. The van der Waals surface area contributed by atoms with Crippen LogP contribution < -0.4 is 5.32 Å². The summed E-state index contributed by atoms with van der Waals surface area (Å²) in [6, 6.07) is 6.57. The van der Waals surface area contributed by atoms with Gasteiger partial charge in [-0.15, -0.1) is 0 Å². The van der Waals surface area contributed by atoms with E-state index in [9.17, 15) is 14.3 Å². The molecule has 0 amide bonds. The second-order valence-corrected chi connectivity index (χ2v) is 5.82. The van der Waals surface area contributed by atoms with E-state index in [-0.39, 0.29) is 22.7 Å². The highest BCUT2D eigenvalue weighted by molar-refractivity contribution is 7.84. The molecule has 100 valence electrons. The van der Waals surface area contributed by atoms with Gasteiger partial charge in [-0.1, -0.05) is 18.2 Å². The number of rotatable bonds is 6. The molecule has 6 heteroatoms. The fraction of sp³-hybridized carbons (Fsp3) is 0.500. The van der Waals surface area contributed by atoms with Crippen LogP contribution in [0.2, 0.25) is 0 Å². The first-order valence-electron chi connectivity index (χ1n) is 5.71. The topological polar surface area (TPSA) is 72.2 Å². The highest BCUT2D eigenvalue weighted by Gasteiger charge is 2.19. The van der Waals surface area contributed by atoms with Crippen molar-refractivity contribution in [2.45, 2.75) is 25.9 Å². The maximum Gasteiger partial charge on any atom is 0.274 e. The number of nitrogens with one attached hydrogen (secondary N) is 1. The highest BCUT2D eigenvalue weighted by Crippen LogP contribution is 2.24. The van der Waals surface area contributed by atoms with E-state index in [1.165, 1.54) is 6.07 Å². The molecule has 0 aliphatic carbocycles. The average Bonchev–Trinajstić information content (AvgIpc) is 2.27. The third-order valence-corrected chi connectivity index (χ3v) is 3.59. The first-order chi connectivity index (χ1) is 8.41. The van der Waals surface area contributed by atoms with Gasteiger partial charge in [0, 0.05) is 46.5 Å². The number of hydrogen-bond donors (Lipinski definition) is 1. The number of nitrogens with zero attached hydrogens (tertiary/aromatic N) is 1. The predicted molar refractivity (Wildman–Crippen MR) is 73.0 cm³/mol. The van der Waals surface area contributed by atoms with Crippen LogP contribution in [0.3, 0.4) is 0 Å². The van der Waals surface area contributed by atoms with E-state index >= 15 is 0 Å². The quantitative estimate of drug-likeness (QED) is 0.634. The summed E-state index contributed by atoms with van der Waals surface area (Å²) in [5, 5.41) is 14.1. The third kappa shape index (κ3) is 4.19. The van der Waals surface area contributed by atoms with Crippen LogP contribution in [-0.2, 0) is 10.8 Å². The smallest absolute Gasteiger partial charge is 0.274 e. The molecule has 3 atom stereocenters. The lowest BCUT2D eigenvalue weighted by Gasteiger charge is -2.19. The zero-order valence-corrected chi connectivity index (χ0v) is 11.6. The van der Waals surface area contributed by atoms with E-state index in [1.54, 1.807) is 24.5 Å². The highest BCUT2D eigenvalue weighted by atomic mass is 32.2. The molecule has 0 bridgehead atoms. The van der Waals surface area contributed by atoms with Crippen molar-refractivity contribution in [3.63, 3.8) is 0 Å². The van der Waals surface area contributed by atoms with Crippen molar-refractivity contribution in [1.29, 1.82) is 0 Å². The molecule has 1 aromatic carbocycles. The molecule has 0 saturated carbocycles. The van der Waals surface area contributed by atoms with Crippen molar-refractivity contribution in [2.75, 3.05) is 12.0 Å². The molecular weight excluding hydrogens is 252 g/mol. The molecule has 0 aliphatic rings. The van der Waals surface area contributed by atoms with Crippen molar-refractivity contribution < 1.29 is 9.13 Å². The maximum absolute atomic E-state index is 11.1. The van der Waals surface area contributed by atoms with Gasteiger partial charge in [0.25, 0.3) is 5.69 Å². The van der Waals surface area contributed by atoms with Crippen LogP contribution in [0.1, 0.15) is 25.5 Å². The summed E-state index contributed by atoms with van der Waals surface area (Å²) in [6.45, 7) is 3.80. The van der Waals surface area contributed by atoms with E-state index in [1.807, 2.05) is 13.8 Å². The molecule has 0 radical (unpaired) electrons. The predicted octanol–water partition coefficient (Wildman–Crippen LogP) is 2.01. The van der Waals surface area contributed by atoms with E-state index in [2.05, 4.69) is 5.32 Å². The van der Waals surface area contributed by atoms with Gasteiger partial charge in [0.2, 0.25) is 0 Å². The van der Waals surface area contributed by atoms with Crippen molar-refractivity contribution >= 4 is 16.5 Å². The maximum atomic E-state index is 11.1. The van der Waals surface area contributed by atoms with Gasteiger partial charge >= 0.3 is 0 Å². The van der Waals surface area contributed by atoms with Crippen LogP contribution >= 0.6 is 0 Å². The molecule has 0 spiro atoms. The van der Waals surface area contributed by atoms with E-state index < -0.39 is 10.8 Å². The first kappa shape index (κ1) is 14.8. The Bertz CT molecular complexity index is 451. The summed E-state index contributed by atoms with van der Waals surface area (Å²) in [4.78, 5) is 10.5. The van der Waals surface area contributed by atoms with Gasteiger partial charge in [0.05, 0.1) is 4.92 Å². The minimum absolute atomic E-state index is 0.0469.